The average Bonchev–Trinajstić information content (AvgIpc) is 2.36. The predicted octanol–water partition coefficient (Wildman–Crippen LogP) is 3.51. The van der Waals surface area contributed by atoms with Crippen LogP contribution in [-0.4, -0.2) is 20.7 Å². The predicted molar refractivity (Wildman–Crippen MR) is 72.1 cm³/mol. The van der Waals surface area contributed by atoms with Crippen LogP contribution in [0.2, 0.25) is 0 Å². The zero-order chi connectivity index (χ0) is 13.5. The summed E-state index contributed by atoms with van der Waals surface area (Å²) < 4.78 is 0.0645. The number of amides is 2. The highest BCUT2D eigenvalue weighted by Gasteiger charge is 2.25. The van der Waals surface area contributed by atoms with Crippen molar-refractivity contribution in [2.45, 2.75) is 39.0 Å². The number of halogens is 1. The van der Waals surface area contributed by atoms with Gasteiger partial charge in [-0.25, -0.2) is 4.31 Å². The maximum absolute atomic E-state index is 11.9. The van der Waals surface area contributed by atoms with E-state index < -0.39 is 10.5 Å². The normalized spacial score (nSPS) is 23.2. The lowest BCUT2D eigenvalue weighted by molar-refractivity contribution is -0.135. The minimum Gasteiger partial charge on any atom is -0.273 e. The van der Waals surface area contributed by atoms with E-state index in [0.29, 0.717) is 17.9 Å². The number of hydrogen-bond acceptors (Lipinski definition) is 4. The van der Waals surface area contributed by atoms with Gasteiger partial charge in [-0.1, -0.05) is 25.8 Å². The number of rotatable bonds is 3. The van der Waals surface area contributed by atoms with E-state index in [4.69, 9.17) is 11.6 Å². The number of hydrogen-bond donors (Lipinski definition) is 0. The molecule has 0 aromatic rings. The molecule has 0 bridgehead atoms. The molecule has 0 spiro atoms. The lowest BCUT2D eigenvalue weighted by Crippen LogP contribution is -2.30. The van der Waals surface area contributed by atoms with Crippen molar-refractivity contribution < 1.29 is 14.4 Å². The Kier molecular flexibility index (Phi) is 6.43. The van der Waals surface area contributed by atoms with Crippen LogP contribution in [0.4, 0.5) is 4.79 Å². The van der Waals surface area contributed by atoms with Crippen molar-refractivity contribution in [2.24, 2.45) is 5.92 Å². The first-order valence-electron chi connectivity index (χ1n) is 5.95. The Morgan fingerprint density at radius 1 is 1.56 bits per heavy atom. The largest absolute Gasteiger partial charge is 0.300 e. The average molecular weight is 290 g/mol. The van der Waals surface area contributed by atoms with E-state index in [2.05, 4.69) is 6.92 Å². The van der Waals surface area contributed by atoms with Crippen molar-refractivity contribution in [3.05, 3.63) is 12.2 Å². The quantitative estimate of drug-likeness (QED) is 0.453. The van der Waals surface area contributed by atoms with Crippen LogP contribution in [0.1, 0.15) is 39.0 Å². The van der Waals surface area contributed by atoms with Crippen LogP contribution >= 0.6 is 23.5 Å². The minimum absolute atomic E-state index is 0.273. The van der Waals surface area contributed by atoms with Gasteiger partial charge in [0.2, 0.25) is 5.91 Å². The summed E-state index contributed by atoms with van der Waals surface area (Å²) >= 11 is 5.66. The maximum Gasteiger partial charge on any atom is 0.300 e. The fourth-order valence-electron chi connectivity index (χ4n) is 1.94. The van der Waals surface area contributed by atoms with Crippen LogP contribution in [0.15, 0.2) is 12.2 Å². The summed E-state index contributed by atoms with van der Waals surface area (Å²) in [4.78, 5) is 34.4. The van der Waals surface area contributed by atoms with E-state index in [9.17, 15) is 14.4 Å². The topological polar surface area (TPSA) is 54.5 Å². The zero-order valence-corrected chi connectivity index (χ0v) is 11.8. The molecule has 0 aromatic carbocycles. The van der Waals surface area contributed by atoms with E-state index in [1.807, 2.05) is 0 Å². The molecule has 100 valence electrons. The smallest absolute Gasteiger partial charge is 0.273 e. The van der Waals surface area contributed by atoms with Crippen molar-refractivity contribution >= 4 is 39.9 Å². The molecule has 1 rings (SSSR count). The van der Waals surface area contributed by atoms with Crippen molar-refractivity contribution in [1.29, 1.82) is 0 Å². The molecule has 0 N–H and O–H groups in total. The van der Waals surface area contributed by atoms with E-state index in [-0.39, 0.29) is 12.3 Å². The van der Waals surface area contributed by atoms with Gasteiger partial charge in [-0.2, -0.15) is 0 Å². The van der Waals surface area contributed by atoms with Gasteiger partial charge in [-0.3, -0.25) is 14.4 Å². The fraction of sp³-hybridized carbons (Fsp3) is 0.583. The molecular formula is C12H16ClNO3S. The third-order valence-electron chi connectivity index (χ3n) is 2.78. The third kappa shape index (κ3) is 4.82. The lowest BCUT2D eigenvalue weighted by Gasteiger charge is -2.16. The van der Waals surface area contributed by atoms with Crippen molar-refractivity contribution in [2.75, 3.05) is 0 Å². The Morgan fingerprint density at radius 3 is 2.89 bits per heavy atom. The molecular weight excluding hydrogens is 274 g/mol. The monoisotopic (exact) mass is 289 g/mol. The Bertz CT molecular complexity index is 370. The SMILES string of the molecule is CCCC1C/C=C\C(=O)N(SC(=O)Cl)C(=O)CC1. The van der Waals surface area contributed by atoms with Gasteiger partial charge in [0, 0.05) is 12.5 Å². The minimum atomic E-state index is -0.783. The Balaban J connectivity index is 2.76. The number of allylic oxidation sites excluding steroid dienone is 1. The van der Waals surface area contributed by atoms with Gasteiger partial charge in [0.15, 0.2) is 0 Å². The number of nitrogens with zero attached hydrogens (tertiary/aromatic N) is 1. The second-order valence-electron chi connectivity index (χ2n) is 4.19. The van der Waals surface area contributed by atoms with Gasteiger partial charge in [-0.05, 0) is 30.4 Å². The summed E-state index contributed by atoms with van der Waals surface area (Å²) in [5.41, 5.74) is 0. The first-order valence-corrected chi connectivity index (χ1v) is 7.10. The number of imide groups is 1. The first kappa shape index (κ1) is 15.2. The summed E-state index contributed by atoms with van der Waals surface area (Å²) in [5, 5.41) is 0. The highest BCUT2D eigenvalue weighted by molar-refractivity contribution is 8.15. The molecule has 4 nitrogen and oxygen atoms in total. The number of carbonyl (C=O) groups excluding carboxylic acids is 3. The van der Waals surface area contributed by atoms with Crippen LogP contribution in [0.5, 0.6) is 0 Å². The lowest BCUT2D eigenvalue weighted by atomic mass is 9.94. The third-order valence-corrected chi connectivity index (χ3v) is 3.70. The van der Waals surface area contributed by atoms with Gasteiger partial charge in [0.05, 0.1) is 11.9 Å². The molecule has 18 heavy (non-hydrogen) atoms. The van der Waals surface area contributed by atoms with Crippen LogP contribution < -0.4 is 0 Å². The molecule has 2 amide bonds. The molecule has 0 fully saturated rings. The molecule has 0 radical (unpaired) electrons. The van der Waals surface area contributed by atoms with Gasteiger partial charge < -0.3 is 0 Å². The van der Waals surface area contributed by atoms with E-state index in [1.165, 1.54) is 6.08 Å². The molecule has 0 saturated heterocycles. The van der Waals surface area contributed by atoms with Gasteiger partial charge in [0.1, 0.15) is 0 Å². The molecule has 1 aliphatic heterocycles. The molecule has 0 aliphatic carbocycles. The molecule has 6 heteroatoms. The summed E-state index contributed by atoms with van der Waals surface area (Å²) in [7, 11) is 0. The molecule has 1 unspecified atom stereocenters. The Labute approximate surface area is 116 Å². The molecule has 0 aromatic heterocycles. The van der Waals surface area contributed by atoms with E-state index in [1.54, 1.807) is 6.08 Å². The van der Waals surface area contributed by atoms with Crippen LogP contribution in [0, 0.1) is 5.92 Å². The summed E-state index contributed by atoms with van der Waals surface area (Å²) in [6, 6.07) is 0. The maximum atomic E-state index is 11.9. The molecule has 1 atom stereocenters. The first-order chi connectivity index (χ1) is 8.54. The van der Waals surface area contributed by atoms with Gasteiger partial charge in [-0.15, -0.1) is 0 Å². The molecule has 1 heterocycles. The van der Waals surface area contributed by atoms with Gasteiger partial charge in [0.25, 0.3) is 5.91 Å². The van der Waals surface area contributed by atoms with Crippen molar-refractivity contribution in [3.63, 3.8) is 0 Å². The molecule has 0 saturated carbocycles. The fourth-order valence-corrected chi connectivity index (χ4v) is 2.63. The van der Waals surface area contributed by atoms with Crippen LogP contribution in [-0.2, 0) is 9.59 Å². The van der Waals surface area contributed by atoms with E-state index >= 15 is 0 Å². The van der Waals surface area contributed by atoms with Crippen molar-refractivity contribution in [3.8, 4) is 0 Å². The van der Waals surface area contributed by atoms with Crippen LogP contribution in [0.25, 0.3) is 0 Å². The van der Waals surface area contributed by atoms with E-state index in [0.717, 1.165) is 30.0 Å². The van der Waals surface area contributed by atoms with Crippen molar-refractivity contribution in [1.82, 2.24) is 4.31 Å². The van der Waals surface area contributed by atoms with Crippen LogP contribution in [0.3, 0.4) is 0 Å². The summed E-state index contributed by atoms with van der Waals surface area (Å²) in [6.45, 7) is 2.09. The second-order valence-corrected chi connectivity index (χ2v) is 5.67. The Morgan fingerprint density at radius 2 is 2.28 bits per heavy atom. The summed E-state index contributed by atoms with van der Waals surface area (Å²) in [6.07, 6.45) is 7.01. The highest BCUT2D eigenvalue weighted by Crippen LogP contribution is 2.24. The summed E-state index contributed by atoms with van der Waals surface area (Å²) in [5.74, 6) is -0.428. The molecule has 1 aliphatic rings. The highest BCUT2D eigenvalue weighted by atomic mass is 35.5. The number of carbonyl (C=O) groups is 3. The van der Waals surface area contributed by atoms with Gasteiger partial charge >= 0.3 is 4.57 Å². The second kappa shape index (κ2) is 7.59. The zero-order valence-electron chi connectivity index (χ0n) is 10.2. The standard InChI is InChI=1S/C12H16ClNO3S/c1-2-4-9-5-3-6-10(15)14(18-12(13)17)11(16)8-7-9/h3,6,9H,2,4-5,7-8H2,1H3/b6-3-. The Hall–Kier alpha value is -0.810.